The molecule has 2 aromatic carbocycles. The molecule has 3 aromatic rings. The maximum Gasteiger partial charge on any atom is 0.295 e. The van der Waals surface area contributed by atoms with Crippen molar-refractivity contribution in [2.75, 3.05) is 10.6 Å². The van der Waals surface area contributed by atoms with E-state index in [0.29, 0.717) is 5.69 Å². The molecule has 28 heavy (non-hydrogen) atoms. The number of nitrogens with zero attached hydrogens (tertiary/aromatic N) is 2. The second-order valence-electron chi connectivity index (χ2n) is 7.11. The molecular weight excluding hydrogens is 352 g/mol. The highest BCUT2D eigenvalue weighted by Crippen LogP contribution is 2.18. The number of aryl methyl sites for hydroxylation is 2. The number of para-hydroxylation sites is 1. The molecule has 1 heterocycles. The number of benzene rings is 2. The second kappa shape index (κ2) is 7.76. The normalized spacial score (nSPS) is 11.9. The Balaban J connectivity index is 1.83. The Morgan fingerprint density at radius 3 is 2.36 bits per heavy atom. The summed E-state index contributed by atoms with van der Waals surface area (Å²) in [5, 5.41) is 6.03. The summed E-state index contributed by atoms with van der Waals surface area (Å²) in [6, 6.07) is 14.7. The summed E-state index contributed by atoms with van der Waals surface area (Å²) in [6.45, 7) is 7.58. The van der Waals surface area contributed by atoms with E-state index in [1.165, 1.54) is 0 Å². The molecule has 2 N–H and O–H groups in total. The van der Waals surface area contributed by atoms with Gasteiger partial charge in [0.1, 0.15) is 11.7 Å². The van der Waals surface area contributed by atoms with Crippen molar-refractivity contribution in [3.8, 4) is 5.69 Å². The average Bonchev–Trinajstić information content (AvgIpc) is 2.88. The van der Waals surface area contributed by atoms with Crippen molar-refractivity contribution in [2.24, 2.45) is 7.05 Å². The second-order valence-corrected chi connectivity index (χ2v) is 7.11. The van der Waals surface area contributed by atoms with E-state index < -0.39 is 6.04 Å². The Morgan fingerprint density at radius 2 is 1.71 bits per heavy atom. The van der Waals surface area contributed by atoms with E-state index in [1.54, 1.807) is 16.3 Å². The van der Waals surface area contributed by atoms with Crippen molar-refractivity contribution in [3.05, 3.63) is 75.7 Å². The first-order chi connectivity index (χ1) is 13.3. The molecule has 0 aliphatic carbocycles. The summed E-state index contributed by atoms with van der Waals surface area (Å²) in [4.78, 5) is 25.6. The topological polar surface area (TPSA) is 68.1 Å². The average molecular weight is 378 g/mol. The molecule has 0 radical (unpaired) electrons. The standard InChI is InChI=1S/C22H26N4O2/c1-14-11-12-19(15(2)13-14)24-21(27)16(3)23-20-17(4)25(5)26(22(20)28)18-9-7-6-8-10-18/h6-13,16,23H,1-5H3,(H,24,27). The van der Waals surface area contributed by atoms with Gasteiger partial charge in [-0.3, -0.25) is 14.3 Å². The molecule has 0 saturated heterocycles. The summed E-state index contributed by atoms with van der Waals surface area (Å²) in [5.41, 5.74) is 4.70. The zero-order valence-electron chi connectivity index (χ0n) is 16.9. The molecule has 0 aliphatic heterocycles. The van der Waals surface area contributed by atoms with Crippen LogP contribution < -0.4 is 16.2 Å². The number of anilines is 2. The van der Waals surface area contributed by atoms with Gasteiger partial charge in [-0.2, -0.15) is 0 Å². The Labute approximate surface area is 164 Å². The molecule has 1 amide bonds. The van der Waals surface area contributed by atoms with Gasteiger partial charge >= 0.3 is 0 Å². The van der Waals surface area contributed by atoms with Crippen molar-refractivity contribution in [3.63, 3.8) is 0 Å². The van der Waals surface area contributed by atoms with Crippen LogP contribution in [-0.2, 0) is 11.8 Å². The Bertz CT molecular complexity index is 1060. The van der Waals surface area contributed by atoms with Gasteiger partial charge < -0.3 is 10.6 Å². The predicted octanol–water partition coefficient (Wildman–Crippen LogP) is 3.54. The first-order valence-corrected chi connectivity index (χ1v) is 9.28. The fourth-order valence-electron chi connectivity index (χ4n) is 3.21. The molecule has 1 atom stereocenters. The van der Waals surface area contributed by atoms with Crippen LogP contribution in [0.1, 0.15) is 23.7 Å². The van der Waals surface area contributed by atoms with Crippen LogP contribution >= 0.6 is 0 Å². The van der Waals surface area contributed by atoms with Crippen LogP contribution in [0.25, 0.3) is 5.69 Å². The van der Waals surface area contributed by atoms with Gasteiger partial charge in [-0.1, -0.05) is 35.9 Å². The van der Waals surface area contributed by atoms with E-state index in [4.69, 9.17) is 0 Å². The third kappa shape index (κ3) is 3.71. The van der Waals surface area contributed by atoms with Crippen molar-refractivity contribution < 1.29 is 4.79 Å². The van der Waals surface area contributed by atoms with Crippen LogP contribution in [0.5, 0.6) is 0 Å². The van der Waals surface area contributed by atoms with E-state index in [0.717, 1.165) is 28.2 Å². The number of nitrogens with one attached hydrogen (secondary N) is 2. The van der Waals surface area contributed by atoms with Crippen molar-refractivity contribution >= 4 is 17.3 Å². The minimum Gasteiger partial charge on any atom is -0.368 e. The lowest BCUT2D eigenvalue weighted by atomic mass is 10.1. The molecule has 1 aromatic heterocycles. The number of hydrogen-bond acceptors (Lipinski definition) is 3. The fourth-order valence-corrected chi connectivity index (χ4v) is 3.21. The van der Waals surface area contributed by atoms with Crippen molar-refractivity contribution in [2.45, 2.75) is 33.7 Å². The van der Waals surface area contributed by atoms with Crippen LogP contribution in [0.15, 0.2) is 53.3 Å². The fraction of sp³-hybridized carbons (Fsp3) is 0.273. The van der Waals surface area contributed by atoms with Crippen LogP contribution in [0.3, 0.4) is 0 Å². The number of amides is 1. The van der Waals surface area contributed by atoms with Crippen LogP contribution in [0, 0.1) is 20.8 Å². The molecule has 146 valence electrons. The van der Waals surface area contributed by atoms with Gasteiger partial charge in [0, 0.05) is 12.7 Å². The molecule has 0 aliphatic rings. The molecule has 1 unspecified atom stereocenters. The summed E-state index contributed by atoms with van der Waals surface area (Å²) in [7, 11) is 1.83. The zero-order chi connectivity index (χ0) is 20.4. The Morgan fingerprint density at radius 1 is 1.04 bits per heavy atom. The largest absolute Gasteiger partial charge is 0.368 e. The first-order valence-electron chi connectivity index (χ1n) is 9.28. The smallest absolute Gasteiger partial charge is 0.295 e. The highest BCUT2D eigenvalue weighted by molar-refractivity contribution is 5.96. The highest BCUT2D eigenvalue weighted by Gasteiger charge is 2.21. The van der Waals surface area contributed by atoms with Crippen LogP contribution in [0.4, 0.5) is 11.4 Å². The molecule has 0 bridgehead atoms. The summed E-state index contributed by atoms with van der Waals surface area (Å²) in [6.07, 6.45) is 0. The molecule has 6 heteroatoms. The van der Waals surface area contributed by atoms with E-state index in [9.17, 15) is 9.59 Å². The number of aromatic nitrogens is 2. The van der Waals surface area contributed by atoms with Gasteiger partial charge in [0.2, 0.25) is 5.91 Å². The molecule has 0 saturated carbocycles. The van der Waals surface area contributed by atoms with Crippen LogP contribution in [0.2, 0.25) is 0 Å². The lowest BCUT2D eigenvalue weighted by molar-refractivity contribution is -0.116. The first kappa shape index (κ1) is 19.5. The summed E-state index contributed by atoms with van der Waals surface area (Å²) >= 11 is 0. The monoisotopic (exact) mass is 378 g/mol. The van der Waals surface area contributed by atoms with Gasteiger partial charge in [0.05, 0.1) is 11.4 Å². The van der Waals surface area contributed by atoms with Crippen molar-refractivity contribution in [1.29, 1.82) is 0 Å². The quantitative estimate of drug-likeness (QED) is 0.714. The van der Waals surface area contributed by atoms with E-state index in [-0.39, 0.29) is 11.5 Å². The van der Waals surface area contributed by atoms with Crippen LogP contribution in [-0.4, -0.2) is 21.3 Å². The van der Waals surface area contributed by atoms with Gasteiger partial charge in [-0.25, -0.2) is 4.68 Å². The third-order valence-electron chi connectivity index (χ3n) is 4.95. The minimum absolute atomic E-state index is 0.183. The maximum atomic E-state index is 13.0. The molecule has 0 spiro atoms. The molecule has 0 fully saturated rings. The lowest BCUT2D eigenvalue weighted by Gasteiger charge is -2.16. The minimum atomic E-state index is -0.571. The zero-order valence-corrected chi connectivity index (χ0v) is 16.9. The predicted molar refractivity (Wildman–Crippen MR) is 113 cm³/mol. The van der Waals surface area contributed by atoms with E-state index in [2.05, 4.69) is 10.6 Å². The summed E-state index contributed by atoms with van der Waals surface area (Å²) in [5.74, 6) is -0.194. The van der Waals surface area contributed by atoms with Crippen molar-refractivity contribution in [1.82, 2.24) is 9.36 Å². The molecular formula is C22H26N4O2. The molecule has 6 nitrogen and oxygen atoms in total. The highest BCUT2D eigenvalue weighted by atomic mass is 16.2. The Hall–Kier alpha value is -3.28. The maximum absolute atomic E-state index is 13.0. The van der Waals surface area contributed by atoms with E-state index in [1.807, 2.05) is 76.3 Å². The van der Waals surface area contributed by atoms with Gasteiger partial charge in [-0.15, -0.1) is 0 Å². The number of carbonyl (C=O) groups excluding carboxylic acids is 1. The summed E-state index contributed by atoms with van der Waals surface area (Å²) < 4.78 is 3.38. The third-order valence-corrected chi connectivity index (χ3v) is 4.95. The van der Waals surface area contributed by atoms with Gasteiger partial charge in [-0.05, 0) is 51.5 Å². The number of hydrogen-bond donors (Lipinski definition) is 2. The lowest BCUT2D eigenvalue weighted by Crippen LogP contribution is -2.34. The van der Waals surface area contributed by atoms with E-state index >= 15 is 0 Å². The van der Waals surface area contributed by atoms with Gasteiger partial charge in [0.25, 0.3) is 5.56 Å². The number of carbonyl (C=O) groups is 1. The number of rotatable bonds is 5. The molecule has 3 rings (SSSR count). The van der Waals surface area contributed by atoms with Gasteiger partial charge in [0.15, 0.2) is 0 Å². The Kier molecular flexibility index (Phi) is 5.40. The SMILES string of the molecule is Cc1ccc(NC(=O)C(C)Nc2c(C)n(C)n(-c3ccccc3)c2=O)c(C)c1.